The summed E-state index contributed by atoms with van der Waals surface area (Å²) < 4.78 is 0. The highest BCUT2D eigenvalue weighted by Gasteiger charge is 2.10. The number of nitrogens with two attached hydrogens (primary N) is 1. The smallest absolute Gasteiger partial charge is 0.0923 e. The molecule has 100 valence electrons. The molecule has 0 bridgehead atoms. The van der Waals surface area contributed by atoms with E-state index in [0.29, 0.717) is 6.42 Å². The number of rotatable bonds is 5. The molecule has 0 unspecified atom stereocenters. The Morgan fingerprint density at radius 2 is 2.11 bits per heavy atom. The van der Waals surface area contributed by atoms with E-state index in [0.717, 1.165) is 29.7 Å². The second kappa shape index (κ2) is 5.69. The highest BCUT2D eigenvalue weighted by molar-refractivity contribution is 5.92. The van der Waals surface area contributed by atoms with Crippen molar-refractivity contribution in [2.24, 2.45) is 5.73 Å². The quantitative estimate of drug-likeness (QED) is 0.638. The first-order valence-corrected chi connectivity index (χ1v) is 6.56. The van der Waals surface area contributed by atoms with Crippen molar-refractivity contribution in [2.75, 3.05) is 18.0 Å². The third-order valence-corrected chi connectivity index (χ3v) is 3.20. The maximum atomic E-state index is 7.37. The van der Waals surface area contributed by atoms with Crippen molar-refractivity contribution in [3.8, 4) is 0 Å². The van der Waals surface area contributed by atoms with Gasteiger partial charge in [-0.2, -0.15) is 0 Å². The summed E-state index contributed by atoms with van der Waals surface area (Å²) in [7, 11) is 0. The predicted molar refractivity (Wildman–Crippen MR) is 80.9 cm³/mol. The molecular weight excluding hydrogens is 236 g/mol. The van der Waals surface area contributed by atoms with Gasteiger partial charge < -0.3 is 10.6 Å². The van der Waals surface area contributed by atoms with Gasteiger partial charge in [-0.25, -0.2) is 0 Å². The topological polar surface area (TPSA) is 66.0 Å². The minimum absolute atomic E-state index is 0.230. The molecule has 0 aliphatic heterocycles. The lowest BCUT2D eigenvalue weighted by Crippen LogP contribution is -2.27. The summed E-state index contributed by atoms with van der Waals surface area (Å²) in [5.74, 6) is 0.230. The molecule has 0 saturated carbocycles. The van der Waals surface area contributed by atoms with E-state index in [-0.39, 0.29) is 5.84 Å². The van der Waals surface area contributed by atoms with Gasteiger partial charge in [0.25, 0.3) is 0 Å². The zero-order valence-corrected chi connectivity index (χ0v) is 11.5. The van der Waals surface area contributed by atoms with Crippen LogP contribution in [0.25, 0.3) is 10.9 Å². The van der Waals surface area contributed by atoms with Crippen molar-refractivity contribution >= 4 is 22.4 Å². The first-order chi connectivity index (χ1) is 9.11. The minimum Gasteiger partial charge on any atom is -0.388 e. The number of amidine groups is 1. The van der Waals surface area contributed by atoms with Gasteiger partial charge in [-0.15, -0.1) is 0 Å². The van der Waals surface area contributed by atoms with Crippen LogP contribution in [0.4, 0.5) is 5.69 Å². The molecule has 1 aromatic heterocycles. The number of para-hydroxylation sites is 1. The molecule has 0 radical (unpaired) electrons. The maximum Gasteiger partial charge on any atom is 0.0923 e. The van der Waals surface area contributed by atoms with Crippen LogP contribution in [0.2, 0.25) is 0 Å². The average molecular weight is 256 g/mol. The number of nitrogens with zero attached hydrogens (tertiary/aromatic N) is 2. The zero-order valence-electron chi connectivity index (χ0n) is 11.5. The number of fused-ring (bicyclic) bond motifs is 1. The lowest BCUT2D eigenvalue weighted by molar-refractivity contribution is 0.833. The van der Waals surface area contributed by atoms with E-state index < -0.39 is 0 Å². The summed E-state index contributed by atoms with van der Waals surface area (Å²) in [5, 5.41) is 8.52. The second-order valence-electron chi connectivity index (χ2n) is 4.65. The molecule has 0 spiro atoms. The van der Waals surface area contributed by atoms with Gasteiger partial charge >= 0.3 is 0 Å². The lowest BCUT2D eigenvalue weighted by atomic mass is 10.1. The largest absolute Gasteiger partial charge is 0.388 e. The molecule has 0 fully saturated rings. The van der Waals surface area contributed by atoms with Gasteiger partial charge in [-0.05, 0) is 26.0 Å². The Morgan fingerprint density at radius 1 is 1.37 bits per heavy atom. The summed E-state index contributed by atoms with van der Waals surface area (Å²) in [5.41, 5.74) is 8.66. The van der Waals surface area contributed by atoms with E-state index in [1.165, 1.54) is 5.69 Å². The molecule has 0 aliphatic rings. The van der Waals surface area contributed by atoms with Crippen molar-refractivity contribution in [3.63, 3.8) is 0 Å². The molecule has 2 rings (SSSR count). The molecule has 2 aromatic rings. The van der Waals surface area contributed by atoms with Gasteiger partial charge in [-0.1, -0.05) is 18.2 Å². The molecular formula is C15H20N4. The lowest BCUT2D eigenvalue weighted by Gasteiger charge is -2.24. The van der Waals surface area contributed by atoms with E-state index in [1.807, 2.05) is 25.1 Å². The molecule has 3 N–H and O–H groups in total. The first-order valence-electron chi connectivity index (χ1n) is 6.56. The second-order valence-corrected chi connectivity index (χ2v) is 4.65. The van der Waals surface area contributed by atoms with Crippen LogP contribution in [0.15, 0.2) is 30.3 Å². The van der Waals surface area contributed by atoms with Gasteiger partial charge in [0, 0.05) is 36.3 Å². The van der Waals surface area contributed by atoms with E-state index in [2.05, 4.69) is 28.9 Å². The third kappa shape index (κ3) is 3.02. The van der Waals surface area contributed by atoms with Crippen LogP contribution >= 0.6 is 0 Å². The Kier molecular flexibility index (Phi) is 4.00. The van der Waals surface area contributed by atoms with Gasteiger partial charge in [0.05, 0.1) is 11.4 Å². The summed E-state index contributed by atoms with van der Waals surface area (Å²) in [6.07, 6.45) is 0.587. The Labute approximate surface area is 113 Å². The maximum absolute atomic E-state index is 7.37. The van der Waals surface area contributed by atoms with E-state index in [1.54, 1.807) is 0 Å². The standard InChI is InChI=1S/C15H20N4/c1-3-19(9-8-15(16)17)14-10-11(2)18-13-7-5-4-6-12(13)14/h4-7,10H,3,8-9H2,1-2H3,(H3,16,17). The zero-order chi connectivity index (χ0) is 13.8. The number of aromatic nitrogens is 1. The van der Waals surface area contributed by atoms with E-state index >= 15 is 0 Å². The van der Waals surface area contributed by atoms with Crippen LogP contribution in [-0.4, -0.2) is 23.9 Å². The van der Waals surface area contributed by atoms with Crippen LogP contribution in [0.3, 0.4) is 0 Å². The van der Waals surface area contributed by atoms with Crippen molar-refractivity contribution in [1.29, 1.82) is 5.41 Å². The highest BCUT2D eigenvalue weighted by atomic mass is 15.1. The Hall–Kier alpha value is -2.10. The molecule has 4 nitrogen and oxygen atoms in total. The molecule has 1 aromatic carbocycles. The number of aryl methyl sites for hydroxylation is 1. The number of benzene rings is 1. The van der Waals surface area contributed by atoms with Crippen LogP contribution in [0, 0.1) is 12.3 Å². The average Bonchev–Trinajstić information content (AvgIpc) is 2.38. The molecule has 4 heteroatoms. The van der Waals surface area contributed by atoms with Crippen LogP contribution in [0.5, 0.6) is 0 Å². The molecule has 0 atom stereocenters. The van der Waals surface area contributed by atoms with Gasteiger partial charge in [0.15, 0.2) is 0 Å². The monoisotopic (exact) mass is 256 g/mol. The van der Waals surface area contributed by atoms with Crippen molar-refractivity contribution in [3.05, 3.63) is 36.0 Å². The number of hydrogen-bond donors (Lipinski definition) is 2. The normalized spacial score (nSPS) is 10.6. The Bertz CT molecular complexity index is 592. The Balaban J connectivity index is 2.43. The molecule has 0 amide bonds. The number of nitrogens with one attached hydrogen (secondary N) is 1. The molecule has 0 aliphatic carbocycles. The van der Waals surface area contributed by atoms with Crippen molar-refractivity contribution in [2.45, 2.75) is 20.3 Å². The summed E-state index contributed by atoms with van der Waals surface area (Å²) in [6.45, 7) is 5.78. The summed E-state index contributed by atoms with van der Waals surface area (Å²) in [4.78, 5) is 6.80. The predicted octanol–water partition coefficient (Wildman–Crippen LogP) is 2.70. The molecule has 19 heavy (non-hydrogen) atoms. The van der Waals surface area contributed by atoms with Crippen molar-refractivity contribution < 1.29 is 0 Å². The fourth-order valence-corrected chi connectivity index (χ4v) is 2.25. The molecule has 0 saturated heterocycles. The Morgan fingerprint density at radius 3 is 2.79 bits per heavy atom. The number of hydrogen-bond acceptors (Lipinski definition) is 3. The van der Waals surface area contributed by atoms with Gasteiger partial charge in [0.2, 0.25) is 0 Å². The van der Waals surface area contributed by atoms with Crippen molar-refractivity contribution in [1.82, 2.24) is 4.98 Å². The van der Waals surface area contributed by atoms with Gasteiger partial charge in [0.1, 0.15) is 0 Å². The van der Waals surface area contributed by atoms with Crippen LogP contribution < -0.4 is 10.6 Å². The van der Waals surface area contributed by atoms with E-state index in [9.17, 15) is 0 Å². The van der Waals surface area contributed by atoms with Gasteiger partial charge in [-0.3, -0.25) is 10.4 Å². The van der Waals surface area contributed by atoms with Crippen LogP contribution in [0.1, 0.15) is 19.0 Å². The number of anilines is 1. The van der Waals surface area contributed by atoms with Crippen LogP contribution in [-0.2, 0) is 0 Å². The SMILES string of the molecule is CCN(CCC(=N)N)c1cc(C)nc2ccccc12. The summed E-state index contributed by atoms with van der Waals surface area (Å²) >= 11 is 0. The number of pyridine rings is 1. The third-order valence-electron chi connectivity index (χ3n) is 3.20. The minimum atomic E-state index is 0.230. The fraction of sp³-hybridized carbons (Fsp3) is 0.333. The fourth-order valence-electron chi connectivity index (χ4n) is 2.25. The first kappa shape index (κ1) is 13.3. The highest BCUT2D eigenvalue weighted by Crippen LogP contribution is 2.26. The summed E-state index contributed by atoms with van der Waals surface area (Å²) in [6, 6.07) is 10.3. The van der Waals surface area contributed by atoms with E-state index in [4.69, 9.17) is 11.1 Å². The molecule has 1 heterocycles.